The first-order valence-electron chi connectivity index (χ1n) is 11.1. The Morgan fingerprint density at radius 1 is 1.32 bits per heavy atom. The van der Waals surface area contributed by atoms with Crippen molar-refractivity contribution in [1.29, 1.82) is 5.41 Å². The molecule has 11 heteroatoms. The highest BCUT2D eigenvalue weighted by Gasteiger charge is 2.31. The van der Waals surface area contributed by atoms with E-state index in [9.17, 15) is 4.79 Å². The molecule has 1 aliphatic rings. The molecule has 0 radical (unpaired) electrons. The minimum absolute atomic E-state index is 0.0430. The molecule has 0 unspecified atom stereocenters. The Hall–Kier alpha value is -3.05. The number of benzene rings is 1. The molecule has 0 saturated carbocycles. The number of carbonyl (C=O) groups is 1. The van der Waals surface area contributed by atoms with Gasteiger partial charge in [0.15, 0.2) is 5.69 Å². The molecule has 1 amide bonds. The van der Waals surface area contributed by atoms with Crippen molar-refractivity contribution in [2.24, 2.45) is 10.7 Å². The number of nitrogens with zero attached hydrogens (tertiary/aromatic N) is 5. The van der Waals surface area contributed by atoms with Crippen molar-refractivity contribution >= 4 is 35.4 Å². The maximum atomic E-state index is 12.5. The number of aromatic nitrogens is 2. The van der Waals surface area contributed by atoms with Gasteiger partial charge in [0, 0.05) is 32.2 Å². The van der Waals surface area contributed by atoms with Crippen LogP contribution < -0.4 is 5.73 Å². The summed E-state index contributed by atoms with van der Waals surface area (Å²) in [6.45, 7) is 14.5. The lowest BCUT2D eigenvalue weighted by atomic mass is 10.0. The quantitative estimate of drug-likeness (QED) is 0.498. The molecular weight excluding hydrogens is 454 g/mol. The van der Waals surface area contributed by atoms with E-state index < -0.39 is 5.60 Å². The number of aryl methyl sites for hydroxylation is 1. The fourth-order valence-corrected chi connectivity index (χ4v) is 4.18. The van der Waals surface area contributed by atoms with E-state index in [1.807, 2.05) is 47.6 Å². The molecule has 0 aliphatic carbocycles. The summed E-state index contributed by atoms with van der Waals surface area (Å²) in [5.74, 6) is -0.197. The predicted octanol–water partition coefficient (Wildman–Crippen LogP) is 3.58. The third-order valence-electron chi connectivity index (χ3n) is 5.40. The number of hydrogen-bond acceptors (Lipinski definition) is 9. The fourth-order valence-electron chi connectivity index (χ4n) is 3.77. The van der Waals surface area contributed by atoms with E-state index in [0.29, 0.717) is 17.9 Å². The monoisotopic (exact) mass is 487 g/mol. The van der Waals surface area contributed by atoms with Gasteiger partial charge in [-0.2, -0.15) is 13.7 Å². The van der Waals surface area contributed by atoms with Gasteiger partial charge in [-0.05, 0) is 64.3 Å². The number of hydrogen-bond donors (Lipinski definition) is 2. The molecular formula is C23H33N7O3S. The van der Waals surface area contributed by atoms with Gasteiger partial charge >= 0.3 is 6.09 Å². The number of nitrogens with one attached hydrogen (secondary N) is 1. The largest absolute Gasteiger partial charge is 0.444 e. The molecule has 3 rings (SSSR count). The molecule has 1 aliphatic heterocycles. The Kier molecular flexibility index (Phi) is 7.88. The number of aliphatic imine (C=N–C) groups is 1. The van der Waals surface area contributed by atoms with Crippen LogP contribution in [0.2, 0.25) is 0 Å². The summed E-state index contributed by atoms with van der Waals surface area (Å²) in [7, 11) is 0. The topological polar surface area (TPSA) is 130 Å². The minimum atomic E-state index is -0.509. The zero-order valence-electron chi connectivity index (χ0n) is 20.6. The zero-order valence-corrected chi connectivity index (χ0v) is 21.4. The van der Waals surface area contributed by atoms with Crippen molar-refractivity contribution in [1.82, 2.24) is 18.5 Å². The fraction of sp³-hybridized carbons (Fsp3) is 0.522. The van der Waals surface area contributed by atoms with Gasteiger partial charge in [0.05, 0.1) is 23.6 Å². The number of amides is 1. The highest BCUT2D eigenvalue weighted by Crippen LogP contribution is 2.27. The van der Waals surface area contributed by atoms with E-state index in [1.165, 1.54) is 6.20 Å². The highest BCUT2D eigenvalue weighted by atomic mass is 32.1. The average molecular weight is 488 g/mol. The van der Waals surface area contributed by atoms with Crippen LogP contribution in [-0.4, -0.2) is 67.8 Å². The minimum Gasteiger partial charge on any atom is -0.444 e. The maximum Gasteiger partial charge on any atom is 0.410 e. The van der Waals surface area contributed by atoms with Gasteiger partial charge in [-0.3, -0.25) is 10.3 Å². The third-order valence-corrected chi connectivity index (χ3v) is 5.87. The van der Waals surface area contributed by atoms with Gasteiger partial charge in [0.1, 0.15) is 5.60 Å². The molecule has 0 spiro atoms. The summed E-state index contributed by atoms with van der Waals surface area (Å²) in [4.78, 5) is 21.0. The van der Waals surface area contributed by atoms with Crippen LogP contribution in [0.4, 0.5) is 10.5 Å². The molecule has 1 aromatic carbocycles. The molecule has 2 aromatic rings. The number of ether oxygens (including phenoxy) is 2. The number of carbonyl (C=O) groups excluding carboxylic acids is 1. The maximum absolute atomic E-state index is 12.5. The Morgan fingerprint density at radius 3 is 2.68 bits per heavy atom. The van der Waals surface area contributed by atoms with Gasteiger partial charge in [-0.1, -0.05) is 6.07 Å². The summed E-state index contributed by atoms with van der Waals surface area (Å²) >= 11 is 0.991. The lowest BCUT2D eigenvalue weighted by Crippen LogP contribution is -2.54. The Bertz CT molecular complexity index is 1060. The summed E-state index contributed by atoms with van der Waals surface area (Å²) in [5, 5.41) is 7.94. The van der Waals surface area contributed by atoms with E-state index in [2.05, 4.69) is 24.7 Å². The van der Waals surface area contributed by atoms with Crippen LogP contribution in [0.15, 0.2) is 23.3 Å². The summed E-state index contributed by atoms with van der Waals surface area (Å²) in [6, 6.07) is 3.99. The molecule has 3 N–H and O–H groups in total. The van der Waals surface area contributed by atoms with Crippen LogP contribution in [0.3, 0.4) is 0 Å². The van der Waals surface area contributed by atoms with Crippen molar-refractivity contribution in [3.8, 4) is 0 Å². The third kappa shape index (κ3) is 6.73. The van der Waals surface area contributed by atoms with Gasteiger partial charge < -0.3 is 20.1 Å². The van der Waals surface area contributed by atoms with E-state index in [0.717, 1.165) is 48.1 Å². The average Bonchev–Trinajstić information content (AvgIpc) is 3.25. The Labute approximate surface area is 204 Å². The summed E-state index contributed by atoms with van der Waals surface area (Å²) in [6.07, 6.45) is 1.18. The first-order valence-corrected chi connectivity index (χ1v) is 11.9. The first kappa shape index (κ1) is 25.6. The normalized spacial score (nSPS) is 17.5. The van der Waals surface area contributed by atoms with E-state index in [1.54, 1.807) is 4.90 Å². The van der Waals surface area contributed by atoms with Crippen LogP contribution in [0, 0.1) is 19.3 Å². The van der Waals surface area contributed by atoms with Crippen LogP contribution in [0.5, 0.6) is 0 Å². The van der Waals surface area contributed by atoms with Crippen molar-refractivity contribution in [2.45, 2.75) is 59.7 Å². The smallest absolute Gasteiger partial charge is 0.410 e. The van der Waals surface area contributed by atoms with Crippen molar-refractivity contribution in [3.05, 3.63) is 40.7 Å². The molecule has 1 fully saturated rings. The van der Waals surface area contributed by atoms with E-state index in [4.69, 9.17) is 20.6 Å². The molecule has 34 heavy (non-hydrogen) atoms. The second kappa shape index (κ2) is 10.5. The molecule has 1 saturated heterocycles. The van der Waals surface area contributed by atoms with Gasteiger partial charge in [0.2, 0.25) is 5.90 Å². The summed E-state index contributed by atoms with van der Waals surface area (Å²) in [5.41, 5.74) is 9.61. The van der Waals surface area contributed by atoms with Crippen LogP contribution in [0.25, 0.3) is 0 Å². The van der Waals surface area contributed by atoms with Crippen molar-refractivity contribution in [2.75, 3.05) is 19.6 Å². The van der Waals surface area contributed by atoms with Crippen LogP contribution >= 0.6 is 11.7 Å². The molecule has 184 valence electrons. The first-order chi connectivity index (χ1) is 15.9. The second-order valence-corrected chi connectivity index (χ2v) is 10.1. The Balaban J connectivity index is 1.68. The molecule has 2 heterocycles. The summed E-state index contributed by atoms with van der Waals surface area (Å²) < 4.78 is 18.7. The highest BCUT2D eigenvalue weighted by molar-refractivity contribution is 6.99. The van der Waals surface area contributed by atoms with Gasteiger partial charge in [-0.25, -0.2) is 4.79 Å². The van der Waals surface area contributed by atoms with Crippen molar-refractivity contribution in [3.63, 3.8) is 0 Å². The number of rotatable bonds is 4. The lowest BCUT2D eigenvalue weighted by Gasteiger charge is -2.40. The number of nitrogens with two attached hydrogens (primary N) is 1. The van der Waals surface area contributed by atoms with E-state index in [-0.39, 0.29) is 24.1 Å². The lowest BCUT2D eigenvalue weighted by molar-refractivity contribution is 0.000539. The molecule has 1 aromatic heterocycles. The van der Waals surface area contributed by atoms with E-state index >= 15 is 0 Å². The van der Waals surface area contributed by atoms with Gasteiger partial charge in [0.25, 0.3) is 6.02 Å². The molecule has 0 bridgehead atoms. The van der Waals surface area contributed by atoms with Gasteiger partial charge in [-0.15, -0.1) is 0 Å². The van der Waals surface area contributed by atoms with Crippen LogP contribution in [0.1, 0.15) is 50.1 Å². The zero-order chi connectivity index (χ0) is 25.0. The second-order valence-electron chi connectivity index (χ2n) is 9.50. The number of piperazine rings is 1. The van der Waals surface area contributed by atoms with Crippen molar-refractivity contribution < 1.29 is 14.3 Å². The predicted molar refractivity (Wildman–Crippen MR) is 133 cm³/mol. The molecule has 1 atom stereocenters. The number of amidine groups is 1. The Morgan fingerprint density at radius 2 is 2.06 bits per heavy atom. The SMILES string of the molecule is Cc1cc(CN2CCN(C(=O)OC(C)(C)C)[C@@H](C)C2)c(C)c(N=C(N)OC(=N)c2cnsn2)c1. The molecule has 10 nitrogen and oxygen atoms in total. The van der Waals surface area contributed by atoms with Crippen LogP contribution in [-0.2, 0) is 16.0 Å². The standard InChI is InChI=1S/C23H33N7O3S/c1-14-9-17(13-29-7-8-30(15(2)12-29)22(31)33-23(4,5)6)16(3)18(10-14)27-21(25)32-20(24)19-11-26-34-28-19/h9-11,15,24H,7-8,12-13H2,1-6H3,(H2,25,27)/t15-/m0/s1.